The van der Waals surface area contributed by atoms with Gasteiger partial charge in [0.2, 0.25) is 5.76 Å². The van der Waals surface area contributed by atoms with E-state index in [1.807, 2.05) is 0 Å². The first-order chi connectivity index (χ1) is 17.1. The first-order valence-corrected chi connectivity index (χ1v) is 10.9. The number of rotatable bonds is 3. The van der Waals surface area contributed by atoms with E-state index >= 15 is 0 Å². The third-order valence-electron chi connectivity index (χ3n) is 6.12. The first kappa shape index (κ1) is 23.3. The van der Waals surface area contributed by atoms with Crippen LogP contribution in [-0.4, -0.2) is 19.0 Å². The molecule has 3 aromatic carbocycles. The Morgan fingerprint density at radius 1 is 1.00 bits per heavy atom. The Morgan fingerprint density at radius 3 is 2.39 bits per heavy atom. The lowest BCUT2D eigenvalue weighted by Crippen LogP contribution is -2.29. The quantitative estimate of drug-likeness (QED) is 0.345. The van der Waals surface area contributed by atoms with Crippen LogP contribution >= 0.6 is 0 Å². The Morgan fingerprint density at radius 2 is 1.72 bits per heavy atom. The van der Waals surface area contributed by atoms with Gasteiger partial charge in [0.25, 0.3) is 5.91 Å². The summed E-state index contributed by atoms with van der Waals surface area (Å²) in [6, 6.07) is 14.1. The fraction of sp³-hybridized carbons (Fsp3) is 0.148. The molecule has 1 aromatic heterocycles. The van der Waals surface area contributed by atoms with Crippen molar-refractivity contribution in [3.05, 3.63) is 111 Å². The molecule has 1 aliphatic rings. The molecule has 1 unspecified atom stereocenters. The lowest BCUT2D eigenvalue weighted by molar-refractivity contribution is -0.137. The Bertz CT molecular complexity index is 1590. The summed E-state index contributed by atoms with van der Waals surface area (Å²) in [5.74, 6) is -1.57. The molecule has 1 aliphatic heterocycles. The van der Waals surface area contributed by atoms with E-state index in [4.69, 9.17) is 9.15 Å². The number of ether oxygens (including phenoxy) is 1. The van der Waals surface area contributed by atoms with Crippen LogP contribution in [0.1, 0.15) is 49.2 Å². The van der Waals surface area contributed by atoms with Crippen LogP contribution in [0.2, 0.25) is 0 Å². The molecule has 5 rings (SSSR count). The van der Waals surface area contributed by atoms with E-state index in [0.29, 0.717) is 5.56 Å². The Labute approximate surface area is 202 Å². The molecule has 36 heavy (non-hydrogen) atoms. The minimum absolute atomic E-state index is 0.0151. The van der Waals surface area contributed by atoms with Gasteiger partial charge in [0.1, 0.15) is 5.58 Å². The smallest absolute Gasteiger partial charge is 0.416 e. The maximum atomic E-state index is 13.6. The number of amides is 1. The van der Waals surface area contributed by atoms with Gasteiger partial charge in [0, 0.05) is 5.69 Å². The molecule has 0 spiro atoms. The second-order valence-electron chi connectivity index (χ2n) is 8.41. The van der Waals surface area contributed by atoms with E-state index < -0.39 is 35.1 Å². The molecular formula is C27H18F3NO5. The molecular weight excluding hydrogens is 475 g/mol. The number of anilines is 1. The summed E-state index contributed by atoms with van der Waals surface area (Å²) in [6.45, 7) is 1.80. The Hall–Kier alpha value is -4.40. The lowest BCUT2D eigenvalue weighted by atomic mass is 9.97. The van der Waals surface area contributed by atoms with Gasteiger partial charge in [-0.25, -0.2) is 4.79 Å². The van der Waals surface area contributed by atoms with E-state index in [2.05, 4.69) is 0 Å². The van der Waals surface area contributed by atoms with Gasteiger partial charge in [-0.15, -0.1) is 0 Å². The standard InChI is InChI=1S/C27H18F3NO5/c1-14-6-11-20-19(12-14)23(32)21-22(15-7-9-16(10-8-15)26(34)35-2)31(25(33)24(21)36-20)18-5-3-4-17(13-18)27(28,29)30/h3-13,22H,1-2H3. The Kier molecular flexibility index (Phi) is 5.43. The topological polar surface area (TPSA) is 76.8 Å². The second kappa shape index (κ2) is 8.37. The van der Waals surface area contributed by atoms with Crippen LogP contribution in [-0.2, 0) is 10.9 Å². The Balaban J connectivity index is 1.76. The number of methoxy groups -OCH3 is 1. The second-order valence-corrected chi connectivity index (χ2v) is 8.41. The van der Waals surface area contributed by atoms with E-state index in [0.717, 1.165) is 22.6 Å². The van der Waals surface area contributed by atoms with Crippen LogP contribution in [0.3, 0.4) is 0 Å². The van der Waals surface area contributed by atoms with Crippen molar-refractivity contribution in [2.75, 3.05) is 12.0 Å². The monoisotopic (exact) mass is 493 g/mol. The number of hydrogen-bond donors (Lipinski definition) is 0. The van der Waals surface area contributed by atoms with Crippen LogP contribution in [0.25, 0.3) is 11.0 Å². The SMILES string of the molecule is COC(=O)c1ccc(C2c3c(oc4ccc(C)cc4c3=O)C(=O)N2c2cccc(C(F)(F)F)c2)cc1. The van der Waals surface area contributed by atoms with Gasteiger partial charge in [0.05, 0.1) is 35.2 Å². The molecule has 0 fully saturated rings. The highest BCUT2D eigenvalue weighted by Gasteiger charge is 2.44. The predicted molar refractivity (Wildman–Crippen MR) is 125 cm³/mol. The third kappa shape index (κ3) is 3.73. The largest absolute Gasteiger partial charge is 0.465 e. The fourth-order valence-corrected chi connectivity index (χ4v) is 4.42. The average Bonchev–Trinajstić information content (AvgIpc) is 3.16. The normalized spacial score (nSPS) is 15.3. The highest BCUT2D eigenvalue weighted by molar-refractivity contribution is 6.10. The zero-order valence-electron chi connectivity index (χ0n) is 19.1. The van der Waals surface area contributed by atoms with E-state index in [-0.39, 0.29) is 33.5 Å². The van der Waals surface area contributed by atoms with Gasteiger partial charge in [0.15, 0.2) is 5.43 Å². The molecule has 6 nitrogen and oxygen atoms in total. The van der Waals surface area contributed by atoms with Crippen molar-refractivity contribution in [1.82, 2.24) is 0 Å². The van der Waals surface area contributed by atoms with Crippen molar-refractivity contribution in [3.8, 4) is 0 Å². The summed E-state index contributed by atoms with van der Waals surface area (Å²) in [5.41, 5.74) is 0.202. The van der Waals surface area contributed by atoms with Crippen LogP contribution in [0.4, 0.5) is 18.9 Å². The molecule has 1 atom stereocenters. The zero-order valence-corrected chi connectivity index (χ0v) is 19.1. The number of hydrogen-bond acceptors (Lipinski definition) is 5. The van der Waals surface area contributed by atoms with Crippen molar-refractivity contribution in [2.24, 2.45) is 0 Å². The van der Waals surface area contributed by atoms with Gasteiger partial charge < -0.3 is 9.15 Å². The van der Waals surface area contributed by atoms with Gasteiger partial charge in [-0.2, -0.15) is 13.2 Å². The summed E-state index contributed by atoms with van der Waals surface area (Å²) in [5, 5.41) is 0.253. The molecule has 0 aliphatic carbocycles. The van der Waals surface area contributed by atoms with Crippen LogP contribution in [0, 0.1) is 6.92 Å². The van der Waals surface area contributed by atoms with Crippen LogP contribution in [0.15, 0.2) is 75.9 Å². The molecule has 0 saturated carbocycles. The highest BCUT2D eigenvalue weighted by Crippen LogP contribution is 2.42. The number of carbonyl (C=O) groups excluding carboxylic acids is 2. The number of fused-ring (bicyclic) bond motifs is 2. The lowest BCUT2D eigenvalue weighted by Gasteiger charge is -2.26. The number of alkyl halides is 3. The summed E-state index contributed by atoms with van der Waals surface area (Å²) < 4.78 is 51.0. The van der Waals surface area contributed by atoms with Crippen LogP contribution < -0.4 is 10.3 Å². The van der Waals surface area contributed by atoms with Crippen molar-refractivity contribution in [1.29, 1.82) is 0 Å². The number of benzene rings is 3. The minimum Gasteiger partial charge on any atom is -0.465 e. The molecule has 1 amide bonds. The van der Waals surface area contributed by atoms with E-state index in [9.17, 15) is 27.6 Å². The number of halogens is 3. The van der Waals surface area contributed by atoms with Crippen molar-refractivity contribution < 1.29 is 31.9 Å². The molecule has 0 N–H and O–H groups in total. The molecule has 2 heterocycles. The van der Waals surface area contributed by atoms with Crippen molar-refractivity contribution >= 4 is 28.5 Å². The number of nitrogens with zero attached hydrogens (tertiary/aromatic N) is 1. The number of carbonyl (C=O) groups is 2. The minimum atomic E-state index is -4.64. The molecule has 9 heteroatoms. The maximum absolute atomic E-state index is 13.6. The third-order valence-corrected chi connectivity index (χ3v) is 6.12. The summed E-state index contributed by atoms with van der Waals surface area (Å²) in [6.07, 6.45) is -4.64. The molecule has 4 aromatic rings. The average molecular weight is 493 g/mol. The molecule has 0 radical (unpaired) electrons. The number of esters is 1. The summed E-state index contributed by atoms with van der Waals surface area (Å²) in [4.78, 5) is 40.2. The van der Waals surface area contributed by atoms with E-state index in [1.165, 1.54) is 43.5 Å². The van der Waals surface area contributed by atoms with Gasteiger partial charge in [-0.05, 0) is 55.0 Å². The van der Waals surface area contributed by atoms with E-state index in [1.54, 1.807) is 25.1 Å². The van der Waals surface area contributed by atoms with Crippen LogP contribution in [0.5, 0.6) is 0 Å². The molecule has 182 valence electrons. The first-order valence-electron chi connectivity index (χ1n) is 10.9. The zero-order chi connectivity index (χ0) is 25.8. The highest BCUT2D eigenvalue weighted by atomic mass is 19.4. The number of aryl methyl sites for hydroxylation is 1. The van der Waals surface area contributed by atoms with Crippen molar-refractivity contribution in [2.45, 2.75) is 19.1 Å². The molecule has 0 saturated heterocycles. The van der Waals surface area contributed by atoms with Gasteiger partial charge >= 0.3 is 12.1 Å². The molecule has 0 bridgehead atoms. The summed E-state index contributed by atoms with van der Waals surface area (Å²) in [7, 11) is 1.23. The van der Waals surface area contributed by atoms with Gasteiger partial charge in [-0.1, -0.05) is 29.8 Å². The fourth-order valence-electron chi connectivity index (χ4n) is 4.42. The summed E-state index contributed by atoms with van der Waals surface area (Å²) >= 11 is 0. The maximum Gasteiger partial charge on any atom is 0.416 e. The van der Waals surface area contributed by atoms with Gasteiger partial charge in [-0.3, -0.25) is 14.5 Å². The predicted octanol–water partition coefficient (Wildman–Crippen LogP) is 5.66. The van der Waals surface area contributed by atoms with Crippen molar-refractivity contribution in [3.63, 3.8) is 0 Å².